The fourth-order valence-electron chi connectivity index (χ4n) is 4.03. The number of benzene rings is 3. The molecule has 4 rings (SSSR count). The summed E-state index contributed by atoms with van der Waals surface area (Å²) in [5, 5.41) is 2.78. The van der Waals surface area contributed by atoms with Gasteiger partial charge in [-0.3, -0.25) is 14.6 Å². The van der Waals surface area contributed by atoms with E-state index in [2.05, 4.69) is 5.32 Å². The molecule has 2 amide bonds. The van der Waals surface area contributed by atoms with Crippen LogP contribution in [0.4, 0.5) is 21.5 Å². The molecule has 0 saturated carbocycles. The fourth-order valence-corrected chi connectivity index (χ4v) is 4.03. The molecule has 3 aromatic carbocycles. The minimum atomic E-state index is -0.661. The number of rotatable bonds is 7. The summed E-state index contributed by atoms with van der Waals surface area (Å²) in [5.41, 5.74) is 3.98. The molecule has 0 fully saturated rings. The van der Waals surface area contributed by atoms with E-state index in [-0.39, 0.29) is 11.8 Å². The molecule has 1 aliphatic rings. The molecule has 0 aromatic heterocycles. The predicted molar refractivity (Wildman–Crippen MR) is 133 cm³/mol. The number of aliphatic imine (C=N–C) groups is 1. The first-order valence-corrected chi connectivity index (χ1v) is 11.1. The van der Waals surface area contributed by atoms with Gasteiger partial charge < -0.3 is 15.1 Å². The highest BCUT2D eigenvalue weighted by molar-refractivity contribution is 6.24. The van der Waals surface area contributed by atoms with E-state index >= 15 is 0 Å². The van der Waals surface area contributed by atoms with Gasteiger partial charge in [-0.15, -0.1) is 0 Å². The second-order valence-electron chi connectivity index (χ2n) is 8.51. The van der Waals surface area contributed by atoms with Gasteiger partial charge in [0.1, 0.15) is 11.7 Å². The normalized spacial score (nSPS) is 15.3. The average Bonchev–Trinajstić information content (AvgIpc) is 3.13. The van der Waals surface area contributed by atoms with Gasteiger partial charge in [-0.2, -0.15) is 0 Å². The molecule has 0 radical (unpaired) electrons. The molecule has 1 aliphatic heterocycles. The molecule has 34 heavy (non-hydrogen) atoms. The van der Waals surface area contributed by atoms with Crippen molar-refractivity contribution < 1.29 is 14.0 Å². The molecule has 7 heteroatoms. The molecule has 0 saturated heterocycles. The molecule has 0 spiro atoms. The van der Waals surface area contributed by atoms with Crippen molar-refractivity contribution >= 4 is 34.6 Å². The van der Waals surface area contributed by atoms with Crippen LogP contribution in [-0.4, -0.2) is 49.6 Å². The van der Waals surface area contributed by atoms with Crippen LogP contribution in [0, 0.1) is 5.82 Å². The number of carbonyl (C=O) groups is 2. The maximum atomic E-state index is 13.7. The van der Waals surface area contributed by atoms with Crippen molar-refractivity contribution in [2.45, 2.75) is 12.8 Å². The smallest absolute Gasteiger partial charge is 0.238 e. The second-order valence-corrected chi connectivity index (χ2v) is 8.51. The van der Waals surface area contributed by atoms with Crippen LogP contribution in [0.15, 0.2) is 77.8 Å². The highest BCUT2D eigenvalue weighted by Crippen LogP contribution is 2.36. The zero-order valence-corrected chi connectivity index (χ0v) is 19.5. The van der Waals surface area contributed by atoms with Gasteiger partial charge in [-0.1, -0.05) is 36.4 Å². The lowest BCUT2D eigenvalue weighted by atomic mass is 9.90. The maximum absolute atomic E-state index is 13.7. The van der Waals surface area contributed by atoms with Crippen molar-refractivity contribution in [2.75, 3.05) is 37.4 Å². The first-order chi connectivity index (χ1) is 16.3. The van der Waals surface area contributed by atoms with Gasteiger partial charge in [0.25, 0.3) is 0 Å². The lowest BCUT2D eigenvalue weighted by molar-refractivity contribution is -0.117. The van der Waals surface area contributed by atoms with Gasteiger partial charge in [-0.05, 0) is 61.6 Å². The zero-order valence-electron chi connectivity index (χ0n) is 19.5. The number of halogens is 1. The van der Waals surface area contributed by atoms with E-state index in [0.29, 0.717) is 29.2 Å². The van der Waals surface area contributed by atoms with Crippen LogP contribution >= 0.6 is 0 Å². The minimum Gasteiger partial charge on any atom is -0.325 e. The summed E-state index contributed by atoms with van der Waals surface area (Å²) in [6, 6.07) is 21.2. The molecule has 0 bridgehead atoms. The van der Waals surface area contributed by atoms with Crippen molar-refractivity contribution in [3.05, 3.63) is 89.7 Å². The standard InChI is InChI=1S/C27H27FN4O2/c1-18(33)32(16-15-31(2)3)22-12-10-21(11-13-22)29-26(19-7-5-4-6-8-19)25-23-14-9-20(28)17-24(23)30-27(25)34/h4-14,17,25H,15-16H2,1-3H3,(H,30,34). The molecule has 1 unspecified atom stereocenters. The third-order valence-electron chi connectivity index (χ3n) is 5.75. The van der Waals surface area contributed by atoms with Gasteiger partial charge in [0.05, 0.1) is 11.4 Å². The van der Waals surface area contributed by atoms with E-state index in [1.54, 1.807) is 17.9 Å². The number of nitrogens with one attached hydrogen (secondary N) is 1. The number of likely N-dealkylation sites (N-methyl/N-ethyl adjacent to an activating group) is 1. The van der Waals surface area contributed by atoms with Crippen LogP contribution in [0.3, 0.4) is 0 Å². The average molecular weight is 459 g/mol. The third-order valence-corrected chi connectivity index (χ3v) is 5.75. The Kier molecular flexibility index (Phi) is 6.84. The summed E-state index contributed by atoms with van der Waals surface area (Å²) >= 11 is 0. The molecule has 1 atom stereocenters. The van der Waals surface area contributed by atoms with Crippen LogP contribution in [-0.2, 0) is 9.59 Å². The van der Waals surface area contributed by atoms with E-state index in [0.717, 1.165) is 17.8 Å². The highest BCUT2D eigenvalue weighted by atomic mass is 19.1. The molecular weight excluding hydrogens is 431 g/mol. The number of fused-ring (bicyclic) bond motifs is 1. The predicted octanol–water partition coefficient (Wildman–Crippen LogP) is 4.60. The fraction of sp³-hybridized carbons (Fsp3) is 0.222. The zero-order chi connectivity index (χ0) is 24.2. The number of anilines is 2. The molecule has 174 valence electrons. The topological polar surface area (TPSA) is 65.0 Å². The summed E-state index contributed by atoms with van der Waals surface area (Å²) < 4.78 is 13.7. The first-order valence-electron chi connectivity index (χ1n) is 11.1. The lowest BCUT2D eigenvalue weighted by Crippen LogP contribution is -2.35. The largest absolute Gasteiger partial charge is 0.325 e. The molecule has 3 aromatic rings. The first kappa shape index (κ1) is 23.3. The SMILES string of the molecule is CC(=O)N(CCN(C)C)c1ccc(N=C(c2ccccc2)C2C(=O)Nc3cc(F)ccc32)cc1. The molecule has 6 nitrogen and oxygen atoms in total. The van der Waals surface area contributed by atoms with Crippen molar-refractivity contribution in [1.82, 2.24) is 4.90 Å². The summed E-state index contributed by atoms with van der Waals surface area (Å²) in [7, 11) is 3.93. The van der Waals surface area contributed by atoms with Crippen LogP contribution in [0.5, 0.6) is 0 Å². The number of hydrogen-bond acceptors (Lipinski definition) is 4. The molecule has 0 aliphatic carbocycles. The van der Waals surface area contributed by atoms with Crippen LogP contribution in [0.2, 0.25) is 0 Å². The summed E-state index contributed by atoms with van der Waals surface area (Å²) in [5.74, 6) is -1.34. The minimum absolute atomic E-state index is 0.0328. The number of carbonyl (C=O) groups excluding carboxylic acids is 2. The van der Waals surface area contributed by atoms with Gasteiger partial charge in [0.2, 0.25) is 11.8 Å². The van der Waals surface area contributed by atoms with Crippen LogP contribution in [0.1, 0.15) is 24.0 Å². The Morgan fingerprint density at radius 3 is 2.35 bits per heavy atom. The van der Waals surface area contributed by atoms with E-state index < -0.39 is 11.7 Å². The van der Waals surface area contributed by atoms with Crippen molar-refractivity contribution in [1.29, 1.82) is 0 Å². The van der Waals surface area contributed by atoms with Crippen molar-refractivity contribution in [3.8, 4) is 0 Å². The quantitative estimate of drug-likeness (QED) is 0.527. The van der Waals surface area contributed by atoms with Crippen molar-refractivity contribution in [3.63, 3.8) is 0 Å². The summed E-state index contributed by atoms with van der Waals surface area (Å²) in [4.78, 5) is 33.7. The van der Waals surface area contributed by atoms with Gasteiger partial charge in [0.15, 0.2) is 0 Å². The van der Waals surface area contributed by atoms with Crippen LogP contribution in [0.25, 0.3) is 0 Å². The molecule has 1 heterocycles. The Bertz CT molecular complexity index is 1220. The van der Waals surface area contributed by atoms with E-state index in [9.17, 15) is 14.0 Å². The Hall–Kier alpha value is -3.84. The monoisotopic (exact) mass is 458 g/mol. The van der Waals surface area contributed by atoms with E-state index in [1.165, 1.54) is 12.1 Å². The Labute approximate surface area is 198 Å². The van der Waals surface area contributed by atoms with E-state index in [4.69, 9.17) is 4.99 Å². The van der Waals surface area contributed by atoms with Gasteiger partial charge >= 0.3 is 0 Å². The van der Waals surface area contributed by atoms with Gasteiger partial charge in [0, 0.05) is 31.4 Å². The Morgan fingerprint density at radius 2 is 1.71 bits per heavy atom. The van der Waals surface area contributed by atoms with Crippen molar-refractivity contribution in [2.24, 2.45) is 4.99 Å². The summed E-state index contributed by atoms with van der Waals surface area (Å²) in [6.07, 6.45) is 0. The second kappa shape index (κ2) is 9.97. The maximum Gasteiger partial charge on any atom is 0.238 e. The lowest BCUT2D eigenvalue weighted by Gasteiger charge is -2.23. The number of hydrogen-bond donors (Lipinski definition) is 1. The number of amides is 2. The Balaban J connectivity index is 1.71. The van der Waals surface area contributed by atoms with Gasteiger partial charge in [-0.25, -0.2) is 4.39 Å². The number of nitrogens with zero attached hydrogens (tertiary/aromatic N) is 3. The Morgan fingerprint density at radius 1 is 1.00 bits per heavy atom. The van der Waals surface area contributed by atoms with E-state index in [1.807, 2.05) is 73.6 Å². The molecule has 1 N–H and O–H groups in total. The highest BCUT2D eigenvalue weighted by Gasteiger charge is 2.35. The third kappa shape index (κ3) is 5.05. The van der Waals surface area contributed by atoms with Crippen LogP contribution < -0.4 is 10.2 Å². The molecular formula is C27H27FN4O2. The summed E-state index contributed by atoms with van der Waals surface area (Å²) in [6.45, 7) is 2.87.